The van der Waals surface area contributed by atoms with Crippen molar-refractivity contribution in [3.8, 4) is 0 Å². The Hall–Kier alpha value is -1.51. The molecule has 1 rings (SSSR count). The number of hydrogen-bond donors (Lipinski definition) is 2. The first-order chi connectivity index (χ1) is 7.13. The summed E-state index contributed by atoms with van der Waals surface area (Å²) < 4.78 is 0. The molecular formula is C12H17NO2. The summed E-state index contributed by atoms with van der Waals surface area (Å²) in [5.74, 6) is -1.14. The minimum Gasteiger partial charge on any atom is -0.481 e. The van der Waals surface area contributed by atoms with Crippen LogP contribution in [-0.4, -0.2) is 17.6 Å². The van der Waals surface area contributed by atoms with Gasteiger partial charge in [-0.15, -0.1) is 0 Å². The molecule has 0 saturated heterocycles. The molecule has 0 saturated carbocycles. The Morgan fingerprint density at radius 2 is 2.00 bits per heavy atom. The first-order valence-corrected chi connectivity index (χ1v) is 5.19. The van der Waals surface area contributed by atoms with Crippen LogP contribution < -0.4 is 5.32 Å². The second kappa shape index (κ2) is 5.39. The van der Waals surface area contributed by atoms with Crippen LogP contribution in [0.15, 0.2) is 24.3 Å². The number of benzene rings is 1. The first kappa shape index (κ1) is 11.6. The highest BCUT2D eigenvalue weighted by Crippen LogP contribution is 2.10. The van der Waals surface area contributed by atoms with Gasteiger partial charge in [-0.1, -0.05) is 26.0 Å². The van der Waals surface area contributed by atoms with Crippen LogP contribution in [-0.2, 0) is 11.2 Å². The number of carboxylic acid groups (broad SMARTS) is 1. The summed E-state index contributed by atoms with van der Waals surface area (Å²) in [6.45, 7) is 4.26. The van der Waals surface area contributed by atoms with Crippen molar-refractivity contribution in [2.45, 2.75) is 20.3 Å². The lowest BCUT2D eigenvalue weighted by Crippen LogP contribution is -2.19. The molecule has 0 bridgehead atoms. The summed E-state index contributed by atoms with van der Waals surface area (Å²) >= 11 is 0. The minimum absolute atomic E-state index is 0.365. The van der Waals surface area contributed by atoms with E-state index in [1.54, 1.807) is 6.92 Å². The van der Waals surface area contributed by atoms with E-state index in [2.05, 4.69) is 12.2 Å². The standard InChI is InChI=1S/C12H17NO2/c1-3-10-4-6-11(7-5-10)13-8-9(2)12(14)15/h4-7,9,13H,3,8H2,1-2H3,(H,14,15). The largest absolute Gasteiger partial charge is 0.481 e. The minimum atomic E-state index is -0.771. The second-order valence-electron chi connectivity index (χ2n) is 3.67. The molecule has 1 aromatic carbocycles. The molecule has 0 fully saturated rings. The highest BCUT2D eigenvalue weighted by Gasteiger charge is 2.09. The molecule has 1 atom stereocenters. The number of rotatable bonds is 5. The van der Waals surface area contributed by atoms with E-state index in [1.165, 1.54) is 5.56 Å². The molecule has 0 amide bonds. The molecule has 0 aliphatic heterocycles. The average Bonchev–Trinajstić information content (AvgIpc) is 2.26. The Labute approximate surface area is 90.1 Å². The van der Waals surface area contributed by atoms with Crippen LogP contribution in [0.25, 0.3) is 0 Å². The summed E-state index contributed by atoms with van der Waals surface area (Å²) in [4.78, 5) is 10.6. The predicted octanol–water partition coefficient (Wildman–Crippen LogP) is 2.38. The molecule has 82 valence electrons. The van der Waals surface area contributed by atoms with Crippen LogP contribution in [0, 0.1) is 5.92 Å². The van der Waals surface area contributed by atoms with Crippen LogP contribution in [0.4, 0.5) is 5.69 Å². The molecule has 1 aromatic rings. The van der Waals surface area contributed by atoms with E-state index >= 15 is 0 Å². The molecule has 0 heterocycles. The molecule has 0 aliphatic rings. The van der Waals surface area contributed by atoms with Gasteiger partial charge in [0.05, 0.1) is 5.92 Å². The fourth-order valence-electron chi connectivity index (χ4n) is 1.22. The van der Waals surface area contributed by atoms with Gasteiger partial charge in [0.15, 0.2) is 0 Å². The Morgan fingerprint density at radius 1 is 1.40 bits per heavy atom. The molecular weight excluding hydrogens is 190 g/mol. The lowest BCUT2D eigenvalue weighted by atomic mass is 10.1. The number of carboxylic acids is 1. The smallest absolute Gasteiger partial charge is 0.308 e. The first-order valence-electron chi connectivity index (χ1n) is 5.19. The van der Waals surface area contributed by atoms with Crippen molar-refractivity contribution in [2.75, 3.05) is 11.9 Å². The van der Waals surface area contributed by atoms with Gasteiger partial charge in [-0.3, -0.25) is 4.79 Å². The number of aryl methyl sites for hydroxylation is 1. The second-order valence-corrected chi connectivity index (χ2v) is 3.67. The Kier molecular flexibility index (Phi) is 4.16. The van der Waals surface area contributed by atoms with Crippen molar-refractivity contribution >= 4 is 11.7 Å². The Bertz CT molecular complexity index is 319. The van der Waals surface area contributed by atoms with Gasteiger partial charge >= 0.3 is 5.97 Å². The number of aliphatic carboxylic acids is 1. The summed E-state index contributed by atoms with van der Waals surface area (Å²) in [7, 11) is 0. The summed E-state index contributed by atoms with van der Waals surface area (Å²) in [5.41, 5.74) is 2.26. The lowest BCUT2D eigenvalue weighted by molar-refractivity contribution is -0.140. The third-order valence-electron chi connectivity index (χ3n) is 2.40. The SMILES string of the molecule is CCc1ccc(NCC(C)C(=O)O)cc1. The van der Waals surface area contributed by atoms with E-state index in [9.17, 15) is 4.79 Å². The maximum atomic E-state index is 10.6. The molecule has 2 N–H and O–H groups in total. The quantitative estimate of drug-likeness (QED) is 0.779. The zero-order valence-corrected chi connectivity index (χ0v) is 9.16. The number of carbonyl (C=O) groups is 1. The third-order valence-corrected chi connectivity index (χ3v) is 2.40. The third kappa shape index (κ3) is 3.62. The van der Waals surface area contributed by atoms with Crippen LogP contribution in [0.2, 0.25) is 0 Å². The van der Waals surface area contributed by atoms with Gasteiger partial charge in [0.2, 0.25) is 0 Å². The molecule has 0 aliphatic carbocycles. The van der Waals surface area contributed by atoms with E-state index in [-0.39, 0.29) is 5.92 Å². The highest BCUT2D eigenvalue weighted by atomic mass is 16.4. The van der Waals surface area contributed by atoms with Crippen molar-refractivity contribution < 1.29 is 9.90 Å². The molecule has 0 spiro atoms. The van der Waals surface area contributed by atoms with E-state index in [0.29, 0.717) is 6.54 Å². The van der Waals surface area contributed by atoms with Gasteiger partial charge in [-0.05, 0) is 24.1 Å². The van der Waals surface area contributed by atoms with Crippen molar-refractivity contribution in [2.24, 2.45) is 5.92 Å². The Morgan fingerprint density at radius 3 is 2.47 bits per heavy atom. The number of hydrogen-bond acceptors (Lipinski definition) is 2. The molecule has 3 nitrogen and oxygen atoms in total. The molecule has 1 unspecified atom stereocenters. The van der Waals surface area contributed by atoms with Crippen LogP contribution in [0.3, 0.4) is 0 Å². The van der Waals surface area contributed by atoms with Gasteiger partial charge in [-0.2, -0.15) is 0 Å². The van der Waals surface area contributed by atoms with Crippen molar-refractivity contribution in [3.63, 3.8) is 0 Å². The van der Waals surface area contributed by atoms with Gasteiger partial charge in [0.1, 0.15) is 0 Å². The lowest BCUT2D eigenvalue weighted by Gasteiger charge is -2.09. The van der Waals surface area contributed by atoms with E-state index in [1.807, 2.05) is 24.3 Å². The van der Waals surface area contributed by atoms with Gasteiger partial charge < -0.3 is 10.4 Å². The fourth-order valence-corrected chi connectivity index (χ4v) is 1.22. The molecule has 0 aromatic heterocycles. The molecule has 3 heteroatoms. The van der Waals surface area contributed by atoms with E-state index in [0.717, 1.165) is 12.1 Å². The highest BCUT2D eigenvalue weighted by molar-refractivity contribution is 5.70. The number of anilines is 1. The average molecular weight is 207 g/mol. The van der Waals surface area contributed by atoms with Gasteiger partial charge in [0, 0.05) is 12.2 Å². The van der Waals surface area contributed by atoms with Crippen LogP contribution >= 0.6 is 0 Å². The zero-order chi connectivity index (χ0) is 11.3. The van der Waals surface area contributed by atoms with Crippen molar-refractivity contribution in [1.29, 1.82) is 0 Å². The van der Waals surface area contributed by atoms with Crippen LogP contribution in [0.1, 0.15) is 19.4 Å². The predicted molar refractivity (Wildman–Crippen MR) is 61.1 cm³/mol. The van der Waals surface area contributed by atoms with Gasteiger partial charge in [-0.25, -0.2) is 0 Å². The summed E-state index contributed by atoms with van der Waals surface area (Å²) in [6, 6.07) is 8.06. The normalized spacial score (nSPS) is 12.1. The van der Waals surface area contributed by atoms with E-state index in [4.69, 9.17) is 5.11 Å². The monoisotopic (exact) mass is 207 g/mol. The zero-order valence-electron chi connectivity index (χ0n) is 9.16. The number of nitrogens with one attached hydrogen (secondary N) is 1. The summed E-state index contributed by atoms with van der Waals surface area (Å²) in [5, 5.41) is 11.8. The van der Waals surface area contributed by atoms with Gasteiger partial charge in [0.25, 0.3) is 0 Å². The van der Waals surface area contributed by atoms with Crippen LogP contribution in [0.5, 0.6) is 0 Å². The molecule has 15 heavy (non-hydrogen) atoms. The Balaban J connectivity index is 2.47. The summed E-state index contributed by atoms with van der Waals surface area (Å²) in [6.07, 6.45) is 1.02. The van der Waals surface area contributed by atoms with Crippen molar-refractivity contribution in [1.82, 2.24) is 0 Å². The fraction of sp³-hybridized carbons (Fsp3) is 0.417. The van der Waals surface area contributed by atoms with E-state index < -0.39 is 5.97 Å². The van der Waals surface area contributed by atoms with Crippen molar-refractivity contribution in [3.05, 3.63) is 29.8 Å². The maximum Gasteiger partial charge on any atom is 0.308 e. The topological polar surface area (TPSA) is 49.3 Å². The maximum absolute atomic E-state index is 10.6. The molecule has 0 radical (unpaired) electrons.